The zero-order valence-corrected chi connectivity index (χ0v) is 62.1. The minimum atomic E-state index is -4.46. The number of ether oxygens (including phenoxy) is 3. The highest BCUT2D eigenvalue weighted by Crippen LogP contribution is 2.32. The first-order valence-electron chi connectivity index (χ1n) is 36.2. The van der Waals surface area contributed by atoms with Crippen LogP contribution >= 0.6 is 34.8 Å². The van der Waals surface area contributed by atoms with E-state index in [0.29, 0.717) is 83.9 Å². The van der Waals surface area contributed by atoms with Gasteiger partial charge >= 0.3 is 24.5 Å². The third kappa shape index (κ3) is 28.5. The first kappa shape index (κ1) is 87.9. The van der Waals surface area contributed by atoms with Crippen LogP contribution < -0.4 is 45.3 Å². The largest absolute Gasteiger partial charge is 0.481 e. The number of nitrogens with two attached hydrogens (primary N) is 1. The predicted octanol–water partition coefficient (Wildman–Crippen LogP) is 12.0. The van der Waals surface area contributed by atoms with Gasteiger partial charge < -0.3 is 80.4 Å². The summed E-state index contributed by atoms with van der Waals surface area (Å²) in [4.78, 5) is 61.7. The molecule has 6 aromatic rings. The van der Waals surface area contributed by atoms with E-state index in [1.165, 1.54) is 55.0 Å². The maximum atomic E-state index is 13.2. The lowest BCUT2D eigenvalue weighted by atomic mass is 10.0. The number of aromatic nitrogens is 3. The lowest BCUT2D eigenvalue weighted by Gasteiger charge is -2.29. The van der Waals surface area contributed by atoms with Crippen molar-refractivity contribution >= 4 is 69.6 Å². The lowest BCUT2D eigenvalue weighted by molar-refractivity contribution is -0.154. The molecule has 6 saturated heterocycles. The molecule has 0 aliphatic carbocycles. The Hall–Kier alpha value is -7.72. The van der Waals surface area contributed by atoms with Crippen molar-refractivity contribution in [3.05, 3.63) is 160 Å². The van der Waals surface area contributed by atoms with Crippen molar-refractivity contribution in [2.45, 2.75) is 120 Å². The van der Waals surface area contributed by atoms with Crippen molar-refractivity contribution in [1.82, 2.24) is 40.3 Å². The van der Waals surface area contributed by atoms with Gasteiger partial charge in [0, 0.05) is 151 Å². The van der Waals surface area contributed by atoms with Gasteiger partial charge in [-0.15, -0.1) is 0 Å². The Bertz CT molecular complexity index is 3600. The summed E-state index contributed by atoms with van der Waals surface area (Å²) in [6.07, 6.45) is -3.93. The van der Waals surface area contributed by atoms with Gasteiger partial charge in [0.15, 0.2) is 19.8 Å². The van der Waals surface area contributed by atoms with E-state index in [9.17, 15) is 69.2 Å². The van der Waals surface area contributed by atoms with E-state index in [0.717, 1.165) is 121 Å². The zero-order valence-electron chi connectivity index (χ0n) is 59.8. The van der Waals surface area contributed by atoms with E-state index in [4.69, 9.17) is 45.6 Å². The molecule has 6 fully saturated rings. The average molecular weight is 1620 g/mol. The minimum absolute atomic E-state index is 0. The fraction of sp³-hybridized carbons (Fsp3) is 0.526. The molecule has 9 heterocycles. The first-order chi connectivity index (χ1) is 51.9. The van der Waals surface area contributed by atoms with Crippen LogP contribution in [0.4, 0.5) is 56.6 Å². The number of nitrogens with one attached hydrogen (secondary N) is 2. The van der Waals surface area contributed by atoms with Crippen molar-refractivity contribution in [3.63, 3.8) is 0 Å². The summed E-state index contributed by atoms with van der Waals surface area (Å²) in [5, 5.41) is 49.4. The molecule has 3 aromatic carbocycles. The van der Waals surface area contributed by atoms with Crippen molar-refractivity contribution in [2.24, 2.45) is 23.5 Å². The number of nitrogens with zero attached hydrogens (tertiary/aromatic N) is 9. The molecule has 8 N–H and O–H groups in total. The predicted molar refractivity (Wildman–Crippen MR) is 401 cm³/mol. The number of anilines is 3. The molecule has 110 heavy (non-hydrogen) atoms. The fourth-order valence-electron chi connectivity index (χ4n) is 13.6. The highest BCUT2D eigenvalue weighted by molar-refractivity contribution is 6.31. The van der Waals surface area contributed by atoms with Crippen molar-refractivity contribution in [1.29, 1.82) is 0 Å². The van der Waals surface area contributed by atoms with Gasteiger partial charge in [0.1, 0.15) is 12.2 Å². The Balaban J connectivity index is 0.000000193. The molecule has 34 heteroatoms. The molecule has 0 spiro atoms. The van der Waals surface area contributed by atoms with Crippen molar-refractivity contribution in [3.8, 4) is 17.6 Å². The summed E-state index contributed by atoms with van der Waals surface area (Å²) >= 11 is 17.7. The molecule has 12 rings (SSSR count). The number of carboxylic acids is 1. The molecular weight excluding hydrogens is 1520 g/mol. The van der Waals surface area contributed by atoms with Crippen LogP contribution in [0.1, 0.15) is 100 Å². The number of pyridine rings is 3. The van der Waals surface area contributed by atoms with Crippen LogP contribution in [0, 0.1) is 17.8 Å². The highest BCUT2D eigenvalue weighted by Gasteiger charge is 2.37. The van der Waals surface area contributed by atoms with Gasteiger partial charge in [0.05, 0.1) is 35.9 Å². The van der Waals surface area contributed by atoms with Crippen LogP contribution in [0.2, 0.25) is 15.1 Å². The fourth-order valence-corrected chi connectivity index (χ4v) is 14.0. The Kier molecular flexibility index (Phi) is 33.3. The number of carbonyl (C=O) groups excluding carboxylic acids is 2. The Morgan fingerprint density at radius 2 is 0.718 bits per heavy atom. The number of aliphatic hydroxyl groups excluding tert-OH is 3. The van der Waals surface area contributed by atoms with Crippen LogP contribution in [-0.4, -0.2) is 223 Å². The number of rotatable bonds is 26. The summed E-state index contributed by atoms with van der Waals surface area (Å²) in [5.74, 6) is -2.17. The van der Waals surface area contributed by atoms with E-state index >= 15 is 0 Å². The van der Waals surface area contributed by atoms with Gasteiger partial charge in [-0.25, -0.2) is 15.0 Å². The van der Waals surface area contributed by atoms with Crippen LogP contribution in [0.25, 0.3) is 0 Å². The molecule has 2 unspecified atom stereocenters. The van der Waals surface area contributed by atoms with Gasteiger partial charge in [-0.05, 0) is 188 Å². The van der Waals surface area contributed by atoms with Crippen LogP contribution in [0.15, 0.2) is 128 Å². The number of benzene rings is 3. The monoisotopic (exact) mass is 1610 g/mol. The number of halogens is 12. The Morgan fingerprint density at radius 1 is 0.436 bits per heavy atom. The smallest absolute Gasteiger partial charge is 0.422 e. The van der Waals surface area contributed by atoms with E-state index < -0.39 is 80.8 Å². The van der Waals surface area contributed by atoms with E-state index in [2.05, 4.69) is 69.2 Å². The molecule has 2 amide bonds. The van der Waals surface area contributed by atoms with E-state index in [-0.39, 0.29) is 54.6 Å². The van der Waals surface area contributed by atoms with Crippen molar-refractivity contribution < 1.29 is 88.5 Å². The Morgan fingerprint density at radius 3 is 0.991 bits per heavy atom. The van der Waals surface area contributed by atoms with Crippen LogP contribution in [0.3, 0.4) is 0 Å². The quantitative estimate of drug-likeness (QED) is 0.0249. The number of carboxylic acid groups (broad SMARTS) is 1. The third-order valence-corrected chi connectivity index (χ3v) is 20.2. The first-order valence-corrected chi connectivity index (χ1v) is 37.3. The second-order valence-corrected chi connectivity index (χ2v) is 29.1. The maximum absolute atomic E-state index is 13.2. The summed E-state index contributed by atoms with van der Waals surface area (Å²) in [5.41, 5.74) is 10.3. The number of aliphatic hydroxyl groups is 3. The average Bonchev–Trinajstić information content (AvgIpc) is 1.58. The molecular formula is C76H96Cl3F9N12O10. The summed E-state index contributed by atoms with van der Waals surface area (Å²) in [6, 6.07) is 29.1. The van der Waals surface area contributed by atoms with E-state index in [1.54, 1.807) is 0 Å². The lowest BCUT2D eigenvalue weighted by Crippen LogP contribution is -2.48. The molecule has 0 saturated carbocycles. The van der Waals surface area contributed by atoms with Crippen LogP contribution in [-0.2, 0) is 14.4 Å². The molecule has 3 aromatic heterocycles. The molecule has 0 bridgehead atoms. The van der Waals surface area contributed by atoms with Gasteiger partial charge in [0.2, 0.25) is 29.5 Å². The van der Waals surface area contributed by atoms with Crippen molar-refractivity contribution in [2.75, 3.05) is 133 Å². The second-order valence-electron chi connectivity index (χ2n) is 27.8. The number of alkyl halides is 9. The molecule has 9 atom stereocenters. The SMILES string of the molecule is C.N[C@H](CN1CCCC1)C(O)c1ccc(OCC(F)(F)F)nc1.O=C(N[C@H](CN1CCCC1)[C@H](O)c1ccc(OCC(F)(F)F)nc1)[C@@H]1CCN(c2ccc(Cl)cc2)C1.O=C(N[C@H](CN1CCCC1)[C@H](O)c1ccc(OCC(F)(F)F)nc1)[C@H]1CCN(c2ccc(Cl)cc2)C1.O=C(O)C1CCN(c2ccc(Cl)cc2)C1. The number of hydrogen-bond donors (Lipinski definition) is 7. The number of likely N-dealkylation sites (tertiary alicyclic amines) is 3. The topological polar surface area (TPSA) is 268 Å². The summed E-state index contributed by atoms with van der Waals surface area (Å²) in [6.45, 7) is 6.72. The number of carbonyl (C=O) groups is 3. The molecule has 604 valence electrons. The summed E-state index contributed by atoms with van der Waals surface area (Å²) in [7, 11) is 0. The highest BCUT2D eigenvalue weighted by atomic mass is 35.5. The minimum Gasteiger partial charge on any atom is -0.481 e. The standard InChI is InChI=1S/2C25H30ClF3N4O3.C14H20F3N3O2.C11H12ClNO2.CH4/c2*26-19-4-6-20(7-5-19)33-12-9-18(14-33)24(35)31-21(15-32-10-1-2-11-32)23(34)17-3-8-22(30-13-17)36-16-25(27,28)29;15-14(16,17)9-22-12-4-3-10(7-19-12)13(21)11(18)8-20-5-1-2-6-20;12-9-1-3-10(4-2-9)13-6-5-8(7-13)11(14)15;/h2*3-8,13,18,21,23,34H,1-2,9-12,14-16H2,(H,31,35);3-4,7,11,13,21H,1-2,5-6,8-9,18H2;1-4,8H,5-7H2,(H,14,15);1H4/t18-,21+,23+;18-,21-,23-;11-,13?;;/m011../s1. The van der Waals surface area contributed by atoms with Gasteiger partial charge in [0.25, 0.3) is 0 Å². The van der Waals surface area contributed by atoms with E-state index in [1.807, 2.05) is 72.8 Å². The molecule has 6 aliphatic rings. The number of aliphatic carboxylic acids is 1. The normalized spacial score (nSPS) is 20.0. The molecule has 22 nitrogen and oxygen atoms in total. The number of hydrogen-bond acceptors (Lipinski definition) is 19. The molecule has 6 aliphatic heterocycles. The van der Waals surface area contributed by atoms with Gasteiger partial charge in [-0.3, -0.25) is 14.4 Å². The molecule has 0 radical (unpaired) electrons. The zero-order chi connectivity index (χ0) is 78.4. The van der Waals surface area contributed by atoms with Gasteiger partial charge in [-0.2, -0.15) is 39.5 Å². The third-order valence-electron chi connectivity index (χ3n) is 19.5. The summed E-state index contributed by atoms with van der Waals surface area (Å²) < 4.78 is 124. The van der Waals surface area contributed by atoms with Crippen LogP contribution in [0.5, 0.6) is 17.6 Å². The number of amides is 2. The Labute approximate surface area is 648 Å². The second kappa shape index (κ2) is 41.7. The van der Waals surface area contributed by atoms with Gasteiger partial charge in [-0.1, -0.05) is 42.2 Å². The maximum Gasteiger partial charge on any atom is 0.422 e.